The second-order valence-electron chi connectivity index (χ2n) is 7.51. The van der Waals surface area contributed by atoms with E-state index >= 15 is 0 Å². The zero-order valence-corrected chi connectivity index (χ0v) is 17.9. The normalized spacial score (nSPS) is 16.8. The number of rotatable bonds is 6. The minimum Gasteiger partial charge on any atom is -0.347 e. The molecule has 1 aliphatic heterocycles. The fourth-order valence-electron chi connectivity index (χ4n) is 3.58. The summed E-state index contributed by atoms with van der Waals surface area (Å²) in [5.41, 5.74) is 2.76. The van der Waals surface area contributed by atoms with E-state index in [-0.39, 0.29) is 6.04 Å². The van der Waals surface area contributed by atoms with Gasteiger partial charge in [0.05, 0.1) is 23.4 Å². The minimum atomic E-state index is 0.275. The van der Waals surface area contributed by atoms with Crippen LogP contribution >= 0.6 is 11.3 Å². The summed E-state index contributed by atoms with van der Waals surface area (Å²) in [5, 5.41) is 15.2. The van der Waals surface area contributed by atoms with Gasteiger partial charge in [0.1, 0.15) is 5.82 Å². The molecule has 1 saturated heterocycles. The smallest absolute Gasteiger partial charge is 0.224 e. The van der Waals surface area contributed by atoms with Crippen molar-refractivity contribution in [3.05, 3.63) is 52.9 Å². The number of hydrogen-bond donors (Lipinski definition) is 1. The molecule has 1 unspecified atom stereocenters. The van der Waals surface area contributed by atoms with Crippen molar-refractivity contribution < 1.29 is 0 Å². The van der Waals surface area contributed by atoms with Gasteiger partial charge in [-0.15, -0.1) is 11.3 Å². The Morgan fingerprint density at radius 1 is 1.27 bits per heavy atom. The monoisotopic (exact) mass is 420 g/mol. The average Bonchev–Trinajstić information content (AvgIpc) is 3.23. The van der Waals surface area contributed by atoms with Crippen LogP contribution in [0.5, 0.6) is 0 Å². The number of hydrogen-bond acceptors (Lipinski definition) is 9. The lowest BCUT2D eigenvalue weighted by Gasteiger charge is -2.34. The van der Waals surface area contributed by atoms with E-state index in [1.807, 2.05) is 31.4 Å². The van der Waals surface area contributed by atoms with E-state index in [9.17, 15) is 0 Å². The Bertz CT molecular complexity index is 1020. The van der Waals surface area contributed by atoms with Gasteiger partial charge < -0.3 is 10.2 Å². The van der Waals surface area contributed by atoms with Crippen molar-refractivity contribution in [3.8, 4) is 6.07 Å². The number of likely N-dealkylation sites (tertiary alicyclic amines) is 1. The predicted molar refractivity (Wildman–Crippen MR) is 118 cm³/mol. The molecule has 1 aliphatic rings. The Hall–Kier alpha value is -3.09. The second-order valence-corrected chi connectivity index (χ2v) is 8.37. The number of anilines is 3. The SMILES string of the molecule is CN(C)c1ncc(CN2CCCCC2c2csc(Nc3cc(C#N)ccn3)n2)cn1. The van der Waals surface area contributed by atoms with E-state index < -0.39 is 0 Å². The zero-order valence-electron chi connectivity index (χ0n) is 17.1. The van der Waals surface area contributed by atoms with Gasteiger partial charge in [-0.1, -0.05) is 6.42 Å². The summed E-state index contributed by atoms with van der Waals surface area (Å²) in [6.07, 6.45) is 8.92. The molecule has 3 aromatic heterocycles. The molecule has 1 atom stereocenters. The zero-order chi connectivity index (χ0) is 20.9. The predicted octanol–water partition coefficient (Wildman–Crippen LogP) is 3.74. The third-order valence-corrected chi connectivity index (χ3v) is 5.85. The number of piperidine rings is 1. The summed E-state index contributed by atoms with van der Waals surface area (Å²) in [7, 11) is 3.88. The number of nitrogens with zero attached hydrogens (tertiary/aromatic N) is 7. The Labute approximate surface area is 180 Å². The van der Waals surface area contributed by atoms with E-state index in [4.69, 9.17) is 10.2 Å². The van der Waals surface area contributed by atoms with Crippen LogP contribution in [0.25, 0.3) is 0 Å². The molecule has 1 fully saturated rings. The Morgan fingerprint density at radius 3 is 2.87 bits per heavy atom. The van der Waals surface area contributed by atoms with Crippen molar-refractivity contribution in [2.24, 2.45) is 0 Å². The summed E-state index contributed by atoms with van der Waals surface area (Å²) >= 11 is 1.56. The highest BCUT2D eigenvalue weighted by molar-refractivity contribution is 7.13. The number of aromatic nitrogens is 4. The molecule has 1 N–H and O–H groups in total. The Kier molecular flexibility index (Phi) is 6.16. The van der Waals surface area contributed by atoms with Crippen LogP contribution in [0.15, 0.2) is 36.1 Å². The molecule has 0 spiro atoms. The van der Waals surface area contributed by atoms with Crippen LogP contribution < -0.4 is 10.2 Å². The largest absolute Gasteiger partial charge is 0.347 e. The summed E-state index contributed by atoms with van der Waals surface area (Å²) in [5.74, 6) is 1.35. The van der Waals surface area contributed by atoms with Crippen LogP contribution in [-0.4, -0.2) is 45.5 Å². The lowest BCUT2D eigenvalue weighted by molar-refractivity contribution is 0.137. The summed E-state index contributed by atoms with van der Waals surface area (Å²) in [6.45, 7) is 1.84. The highest BCUT2D eigenvalue weighted by Crippen LogP contribution is 2.34. The Balaban J connectivity index is 1.47. The molecule has 4 heterocycles. The third-order valence-electron chi connectivity index (χ3n) is 5.08. The van der Waals surface area contributed by atoms with Gasteiger partial charge in [0.15, 0.2) is 5.13 Å². The van der Waals surface area contributed by atoms with Crippen molar-refractivity contribution in [1.82, 2.24) is 24.8 Å². The highest BCUT2D eigenvalue weighted by atomic mass is 32.1. The fourth-order valence-corrected chi connectivity index (χ4v) is 4.35. The van der Waals surface area contributed by atoms with Gasteiger partial charge >= 0.3 is 0 Å². The van der Waals surface area contributed by atoms with Gasteiger partial charge in [0.2, 0.25) is 5.95 Å². The van der Waals surface area contributed by atoms with Gasteiger partial charge in [-0.05, 0) is 31.5 Å². The maximum Gasteiger partial charge on any atom is 0.224 e. The molecule has 0 saturated carbocycles. The molecule has 0 aromatic carbocycles. The minimum absolute atomic E-state index is 0.275. The molecular weight excluding hydrogens is 396 g/mol. The van der Waals surface area contributed by atoms with E-state index in [2.05, 4.69) is 36.6 Å². The van der Waals surface area contributed by atoms with Crippen LogP contribution in [0.1, 0.15) is 42.1 Å². The van der Waals surface area contributed by atoms with Crippen molar-refractivity contribution >= 4 is 28.2 Å². The molecule has 0 radical (unpaired) electrons. The van der Waals surface area contributed by atoms with Crippen molar-refractivity contribution in [3.63, 3.8) is 0 Å². The van der Waals surface area contributed by atoms with Gasteiger partial charge in [0.25, 0.3) is 0 Å². The topological polar surface area (TPSA) is 93.9 Å². The first-order valence-corrected chi connectivity index (χ1v) is 10.8. The number of thiazole rings is 1. The first-order valence-electron chi connectivity index (χ1n) is 9.93. The van der Waals surface area contributed by atoms with Gasteiger partial charge in [-0.3, -0.25) is 4.90 Å². The molecule has 0 bridgehead atoms. The van der Waals surface area contributed by atoms with Crippen LogP contribution in [0.3, 0.4) is 0 Å². The summed E-state index contributed by atoms with van der Waals surface area (Å²) < 4.78 is 0. The molecule has 8 nitrogen and oxygen atoms in total. The van der Waals surface area contributed by atoms with E-state index in [1.165, 1.54) is 12.8 Å². The van der Waals surface area contributed by atoms with Crippen LogP contribution in [0.2, 0.25) is 0 Å². The molecule has 9 heteroatoms. The molecule has 3 aromatic rings. The molecule has 30 heavy (non-hydrogen) atoms. The van der Waals surface area contributed by atoms with Gasteiger partial charge in [-0.25, -0.2) is 19.9 Å². The average molecular weight is 421 g/mol. The van der Waals surface area contributed by atoms with E-state index in [1.54, 1.807) is 29.7 Å². The number of pyridine rings is 1. The van der Waals surface area contributed by atoms with Crippen molar-refractivity contribution in [1.29, 1.82) is 5.26 Å². The molecular formula is C21H24N8S. The van der Waals surface area contributed by atoms with Crippen molar-refractivity contribution in [2.75, 3.05) is 30.9 Å². The number of nitrogens with one attached hydrogen (secondary N) is 1. The molecule has 0 amide bonds. The lowest BCUT2D eigenvalue weighted by atomic mass is 9.99. The molecule has 0 aliphatic carbocycles. The van der Waals surface area contributed by atoms with E-state index in [0.29, 0.717) is 11.4 Å². The summed E-state index contributed by atoms with van der Waals surface area (Å²) in [4.78, 5) is 22.3. The van der Waals surface area contributed by atoms with E-state index in [0.717, 1.165) is 41.8 Å². The molecule has 4 rings (SSSR count). The van der Waals surface area contributed by atoms with Crippen LogP contribution in [-0.2, 0) is 6.54 Å². The molecule has 154 valence electrons. The quantitative estimate of drug-likeness (QED) is 0.645. The number of nitriles is 1. The first kappa shape index (κ1) is 20.2. The fraction of sp³-hybridized carbons (Fsp3) is 0.381. The standard InChI is InChI=1S/C21H24N8S/c1-28(2)20-24-11-16(12-25-20)13-29-8-4-3-5-18(29)17-14-30-21(26-17)27-19-9-15(10-22)6-7-23-19/h6-7,9,11-12,14,18H,3-5,8,13H2,1-2H3,(H,23,26,27). The van der Waals surface area contributed by atoms with Crippen LogP contribution in [0.4, 0.5) is 16.9 Å². The maximum atomic E-state index is 9.06. The third kappa shape index (κ3) is 4.72. The summed E-state index contributed by atoms with van der Waals surface area (Å²) in [6, 6.07) is 5.82. The maximum absolute atomic E-state index is 9.06. The van der Waals surface area contributed by atoms with Crippen molar-refractivity contribution in [2.45, 2.75) is 31.8 Å². The van der Waals surface area contributed by atoms with Gasteiger partial charge in [-0.2, -0.15) is 5.26 Å². The Morgan fingerprint density at radius 2 is 2.10 bits per heavy atom. The second kappa shape index (κ2) is 9.15. The highest BCUT2D eigenvalue weighted by Gasteiger charge is 2.26. The first-order chi connectivity index (χ1) is 14.6. The van der Waals surface area contributed by atoms with Gasteiger partial charge in [0, 0.05) is 50.2 Å². The lowest BCUT2D eigenvalue weighted by Crippen LogP contribution is -2.33. The van der Waals surface area contributed by atoms with Crippen LogP contribution in [0, 0.1) is 11.3 Å².